The maximum Gasteiger partial charge on any atom is 0.254 e. The second-order valence-electron chi connectivity index (χ2n) is 9.24. The highest BCUT2D eigenvalue weighted by atomic mass is 19.1. The Morgan fingerprint density at radius 3 is 2.71 bits per heavy atom. The molecule has 6 nitrogen and oxygen atoms in total. The van der Waals surface area contributed by atoms with Crippen LogP contribution in [0.5, 0.6) is 0 Å². The van der Waals surface area contributed by atoms with Gasteiger partial charge in [-0.3, -0.25) is 9.59 Å². The van der Waals surface area contributed by atoms with Gasteiger partial charge in [-0.25, -0.2) is 13.8 Å². The maximum absolute atomic E-state index is 14.1. The highest BCUT2D eigenvalue weighted by Crippen LogP contribution is 2.42. The summed E-state index contributed by atoms with van der Waals surface area (Å²) in [5.41, 5.74) is 1.12. The van der Waals surface area contributed by atoms with Crippen LogP contribution in [0.25, 0.3) is 0 Å². The predicted octanol–water partition coefficient (Wildman–Crippen LogP) is 3.88. The average Bonchev–Trinajstić information content (AvgIpc) is 3.39. The third-order valence-electron chi connectivity index (χ3n) is 6.94. The molecule has 3 heterocycles. The van der Waals surface area contributed by atoms with Crippen LogP contribution >= 0.6 is 0 Å². The Morgan fingerprint density at radius 1 is 1.15 bits per heavy atom. The molecule has 0 saturated carbocycles. The second kappa shape index (κ2) is 9.00. The molecule has 0 aliphatic carbocycles. The number of hydrogen-bond acceptors (Lipinski definition) is 3. The fraction of sp³-hybridized carbons (Fsp3) is 0.346. The summed E-state index contributed by atoms with van der Waals surface area (Å²) in [6.07, 6.45) is 7.82. The molecule has 5 rings (SSSR count). The number of nitrogens with zero attached hydrogens (tertiary/aromatic N) is 3. The van der Waals surface area contributed by atoms with Gasteiger partial charge in [0, 0.05) is 56.0 Å². The van der Waals surface area contributed by atoms with E-state index in [0.717, 1.165) is 24.5 Å². The van der Waals surface area contributed by atoms with Gasteiger partial charge in [-0.15, -0.1) is 0 Å². The van der Waals surface area contributed by atoms with Crippen molar-refractivity contribution in [3.05, 3.63) is 89.5 Å². The summed E-state index contributed by atoms with van der Waals surface area (Å²) in [6.45, 7) is 1.05. The molecular formula is C26H26F2N4O2. The lowest BCUT2D eigenvalue weighted by Crippen LogP contribution is -2.52. The van der Waals surface area contributed by atoms with Gasteiger partial charge in [0.05, 0.1) is 11.9 Å². The van der Waals surface area contributed by atoms with Crippen molar-refractivity contribution in [1.29, 1.82) is 0 Å². The highest BCUT2D eigenvalue weighted by molar-refractivity contribution is 5.96. The Kier molecular flexibility index (Phi) is 5.89. The number of benzene rings is 2. The molecule has 2 saturated heterocycles. The van der Waals surface area contributed by atoms with E-state index in [9.17, 15) is 18.4 Å². The lowest BCUT2D eigenvalue weighted by molar-refractivity contribution is -0.122. The zero-order valence-electron chi connectivity index (χ0n) is 18.7. The summed E-state index contributed by atoms with van der Waals surface area (Å²) < 4.78 is 30.2. The van der Waals surface area contributed by atoms with E-state index >= 15 is 0 Å². The Labute approximate surface area is 196 Å². The van der Waals surface area contributed by atoms with E-state index in [0.29, 0.717) is 37.1 Å². The van der Waals surface area contributed by atoms with E-state index < -0.39 is 23.1 Å². The summed E-state index contributed by atoms with van der Waals surface area (Å²) in [4.78, 5) is 32.1. The van der Waals surface area contributed by atoms with Gasteiger partial charge in [-0.1, -0.05) is 24.6 Å². The Hall–Kier alpha value is -3.55. The molecular weight excluding hydrogens is 438 g/mol. The van der Waals surface area contributed by atoms with Gasteiger partial charge in [0.2, 0.25) is 5.91 Å². The molecule has 2 aliphatic heterocycles. The van der Waals surface area contributed by atoms with Crippen LogP contribution in [0, 0.1) is 11.6 Å². The van der Waals surface area contributed by atoms with Crippen molar-refractivity contribution in [2.45, 2.75) is 43.7 Å². The van der Waals surface area contributed by atoms with E-state index in [2.05, 4.69) is 10.3 Å². The van der Waals surface area contributed by atoms with Crippen LogP contribution in [-0.4, -0.2) is 44.9 Å². The molecule has 176 valence electrons. The molecule has 2 fully saturated rings. The number of carbonyl (C=O) groups excluding carboxylic acids is 2. The van der Waals surface area contributed by atoms with Gasteiger partial charge in [-0.05, 0) is 42.2 Å². The molecule has 2 atom stereocenters. The standard InChI is InChI=1S/C26H26F2N4O2/c27-20-11-19(12-21(28)13-20)23-15-32(16-26(23)8-4-3-7-24(33)30-26)25(34)22-6-2-1-5-18(22)14-31-10-9-29-17-31/h1-2,5-6,9-13,17,23H,3-4,7-8,14-16H2,(H,30,33)/t23-,26+/m0/s1. The number of likely N-dealkylation sites (tertiary alicyclic amines) is 1. The van der Waals surface area contributed by atoms with Crippen LogP contribution in [0.1, 0.15) is 53.1 Å². The van der Waals surface area contributed by atoms with E-state index in [1.165, 1.54) is 12.1 Å². The van der Waals surface area contributed by atoms with Crippen molar-refractivity contribution in [2.75, 3.05) is 13.1 Å². The van der Waals surface area contributed by atoms with E-state index in [1.807, 2.05) is 29.0 Å². The number of carbonyl (C=O) groups is 2. The summed E-state index contributed by atoms with van der Waals surface area (Å²) in [5.74, 6) is -1.99. The molecule has 0 unspecified atom stereocenters. The van der Waals surface area contributed by atoms with Crippen molar-refractivity contribution in [1.82, 2.24) is 19.8 Å². The molecule has 0 bridgehead atoms. The molecule has 2 amide bonds. The normalized spacial score (nSPS) is 22.6. The summed E-state index contributed by atoms with van der Waals surface area (Å²) >= 11 is 0. The monoisotopic (exact) mass is 464 g/mol. The van der Waals surface area contributed by atoms with Gasteiger partial charge in [0.15, 0.2) is 0 Å². The summed E-state index contributed by atoms with van der Waals surface area (Å²) in [5, 5.41) is 3.14. The van der Waals surface area contributed by atoms with Crippen molar-refractivity contribution in [3.8, 4) is 0 Å². The fourth-order valence-corrected chi connectivity index (χ4v) is 5.39. The summed E-state index contributed by atoms with van der Waals surface area (Å²) in [7, 11) is 0. The molecule has 2 aliphatic rings. The van der Waals surface area contributed by atoms with Gasteiger partial charge < -0.3 is 14.8 Å². The first kappa shape index (κ1) is 22.3. The van der Waals surface area contributed by atoms with Gasteiger partial charge in [-0.2, -0.15) is 0 Å². The van der Waals surface area contributed by atoms with Crippen LogP contribution in [0.3, 0.4) is 0 Å². The number of rotatable bonds is 4. The van der Waals surface area contributed by atoms with Crippen molar-refractivity contribution in [3.63, 3.8) is 0 Å². The number of nitrogens with one attached hydrogen (secondary N) is 1. The highest BCUT2D eigenvalue weighted by Gasteiger charge is 2.50. The molecule has 3 aromatic rings. The number of halogens is 2. The van der Waals surface area contributed by atoms with Crippen LogP contribution in [-0.2, 0) is 11.3 Å². The minimum Gasteiger partial charge on any atom is -0.348 e. The largest absolute Gasteiger partial charge is 0.348 e. The molecule has 1 aromatic heterocycles. The second-order valence-corrected chi connectivity index (χ2v) is 9.24. The molecule has 1 spiro atoms. The van der Waals surface area contributed by atoms with Crippen LogP contribution in [0.2, 0.25) is 0 Å². The number of hydrogen-bond donors (Lipinski definition) is 1. The third kappa shape index (κ3) is 4.32. The first-order chi connectivity index (χ1) is 16.4. The number of aromatic nitrogens is 2. The summed E-state index contributed by atoms with van der Waals surface area (Å²) in [6, 6.07) is 10.9. The van der Waals surface area contributed by atoms with Crippen LogP contribution in [0.15, 0.2) is 61.2 Å². The number of amides is 2. The predicted molar refractivity (Wildman–Crippen MR) is 122 cm³/mol. The Balaban J connectivity index is 1.50. The van der Waals surface area contributed by atoms with Crippen molar-refractivity contribution in [2.24, 2.45) is 0 Å². The zero-order chi connectivity index (χ0) is 23.7. The first-order valence-electron chi connectivity index (χ1n) is 11.5. The number of imidazole rings is 1. The smallest absolute Gasteiger partial charge is 0.254 e. The van der Waals surface area contributed by atoms with Gasteiger partial charge >= 0.3 is 0 Å². The van der Waals surface area contributed by atoms with E-state index in [-0.39, 0.29) is 18.4 Å². The third-order valence-corrected chi connectivity index (χ3v) is 6.94. The molecule has 8 heteroatoms. The molecule has 0 radical (unpaired) electrons. The topological polar surface area (TPSA) is 67.2 Å². The lowest BCUT2D eigenvalue weighted by Gasteiger charge is -2.34. The quantitative estimate of drug-likeness (QED) is 0.637. The molecule has 34 heavy (non-hydrogen) atoms. The van der Waals surface area contributed by atoms with E-state index in [1.54, 1.807) is 23.5 Å². The van der Waals surface area contributed by atoms with E-state index in [4.69, 9.17) is 0 Å². The van der Waals surface area contributed by atoms with Crippen molar-refractivity contribution < 1.29 is 18.4 Å². The average molecular weight is 465 g/mol. The van der Waals surface area contributed by atoms with Gasteiger partial charge in [0.1, 0.15) is 11.6 Å². The van der Waals surface area contributed by atoms with Crippen molar-refractivity contribution >= 4 is 11.8 Å². The zero-order valence-corrected chi connectivity index (χ0v) is 18.7. The van der Waals surface area contributed by atoms with Crippen LogP contribution in [0.4, 0.5) is 8.78 Å². The van der Waals surface area contributed by atoms with Gasteiger partial charge in [0.25, 0.3) is 5.91 Å². The van der Waals surface area contributed by atoms with Crippen LogP contribution < -0.4 is 5.32 Å². The first-order valence-corrected chi connectivity index (χ1v) is 11.5. The molecule has 2 aromatic carbocycles. The molecule has 1 N–H and O–H groups in total. The maximum atomic E-state index is 14.1. The Morgan fingerprint density at radius 2 is 1.94 bits per heavy atom. The minimum absolute atomic E-state index is 0.0887. The minimum atomic E-state index is -0.761. The Bertz CT molecular complexity index is 1190. The SMILES string of the molecule is O=C1CCCC[C@]2(CN(C(=O)c3ccccc3Cn3ccnc3)C[C@H]2c2cc(F)cc(F)c2)N1. The fourth-order valence-electron chi connectivity index (χ4n) is 5.39. The lowest BCUT2D eigenvalue weighted by atomic mass is 9.79.